The molecule has 96 valence electrons. The van der Waals surface area contributed by atoms with E-state index >= 15 is 0 Å². The predicted octanol–water partition coefficient (Wildman–Crippen LogP) is 2.80. The van der Waals surface area contributed by atoms with Crippen LogP contribution in [0.5, 0.6) is 0 Å². The number of aliphatic carboxylic acids is 1. The van der Waals surface area contributed by atoms with Crippen molar-refractivity contribution in [2.75, 3.05) is 0 Å². The van der Waals surface area contributed by atoms with Crippen molar-refractivity contribution in [2.24, 2.45) is 0 Å². The molecule has 0 aromatic heterocycles. The number of carbonyl (C=O) groups is 1. The van der Waals surface area contributed by atoms with Crippen LogP contribution in [-0.2, 0) is 4.79 Å². The molecular weight excluding hydrogens is 228 g/mol. The van der Waals surface area contributed by atoms with Crippen molar-refractivity contribution in [3.05, 3.63) is 41.5 Å². The third-order valence-corrected chi connectivity index (χ3v) is 3.49. The first-order valence-corrected chi connectivity index (χ1v) is 6.30. The van der Waals surface area contributed by atoms with Gasteiger partial charge >= 0.3 is 5.97 Å². The second-order valence-corrected chi connectivity index (χ2v) is 4.83. The molecule has 18 heavy (non-hydrogen) atoms. The van der Waals surface area contributed by atoms with Crippen molar-refractivity contribution >= 4 is 11.5 Å². The Balaban J connectivity index is 2.20. The Labute approximate surface area is 107 Å². The first-order valence-electron chi connectivity index (χ1n) is 6.30. The average molecular weight is 246 g/mol. The van der Waals surface area contributed by atoms with Gasteiger partial charge < -0.3 is 10.2 Å². The summed E-state index contributed by atoms with van der Waals surface area (Å²) in [5.41, 5.74) is 3.04. The van der Waals surface area contributed by atoms with Crippen molar-refractivity contribution in [3.8, 4) is 0 Å². The van der Waals surface area contributed by atoms with Gasteiger partial charge in [0.05, 0.1) is 12.0 Å². The predicted molar refractivity (Wildman–Crippen MR) is 70.3 cm³/mol. The van der Waals surface area contributed by atoms with Gasteiger partial charge in [0.1, 0.15) is 0 Å². The molecule has 2 rings (SSSR count). The Morgan fingerprint density at radius 2 is 2.00 bits per heavy atom. The summed E-state index contributed by atoms with van der Waals surface area (Å²) in [7, 11) is 0. The highest BCUT2D eigenvalue weighted by atomic mass is 16.4. The molecule has 2 atom stereocenters. The molecular formula is C15H18O3. The molecule has 2 unspecified atom stereocenters. The smallest absolute Gasteiger partial charge is 0.310 e. The molecule has 0 aliphatic heterocycles. The fraction of sp³-hybridized carbons (Fsp3) is 0.400. The maximum Gasteiger partial charge on any atom is 0.310 e. The maximum atomic E-state index is 10.9. The SMILES string of the molecule is CC(C(=O)O)c1ccc(C2=CC(O)CCC2)cc1. The van der Waals surface area contributed by atoms with Crippen molar-refractivity contribution < 1.29 is 15.0 Å². The molecule has 0 bridgehead atoms. The van der Waals surface area contributed by atoms with Gasteiger partial charge in [-0.15, -0.1) is 0 Å². The number of hydrogen-bond acceptors (Lipinski definition) is 2. The number of aliphatic hydroxyl groups is 1. The van der Waals surface area contributed by atoms with E-state index in [4.69, 9.17) is 5.11 Å². The van der Waals surface area contributed by atoms with Gasteiger partial charge in [-0.05, 0) is 42.9 Å². The number of allylic oxidation sites excluding steroid dienone is 1. The lowest BCUT2D eigenvalue weighted by Gasteiger charge is -2.17. The molecule has 0 fully saturated rings. The molecule has 3 heteroatoms. The molecule has 1 aromatic rings. The zero-order valence-corrected chi connectivity index (χ0v) is 10.5. The van der Waals surface area contributed by atoms with Gasteiger partial charge in [0.25, 0.3) is 0 Å². The van der Waals surface area contributed by atoms with E-state index in [1.54, 1.807) is 6.92 Å². The van der Waals surface area contributed by atoms with Crippen LogP contribution in [0.1, 0.15) is 43.2 Å². The minimum atomic E-state index is -0.810. The Bertz CT molecular complexity index is 459. The topological polar surface area (TPSA) is 57.5 Å². The Kier molecular flexibility index (Phi) is 3.82. The van der Waals surface area contributed by atoms with E-state index in [0.29, 0.717) is 0 Å². The van der Waals surface area contributed by atoms with Crippen LogP contribution in [0.15, 0.2) is 30.3 Å². The summed E-state index contributed by atoms with van der Waals surface area (Å²) in [5, 5.41) is 18.5. The van der Waals surface area contributed by atoms with E-state index in [-0.39, 0.29) is 6.10 Å². The van der Waals surface area contributed by atoms with Gasteiger partial charge in [-0.2, -0.15) is 0 Å². The highest BCUT2D eigenvalue weighted by molar-refractivity contribution is 5.76. The summed E-state index contributed by atoms with van der Waals surface area (Å²) in [4.78, 5) is 10.9. The van der Waals surface area contributed by atoms with Crippen LogP contribution >= 0.6 is 0 Å². The summed E-state index contributed by atoms with van der Waals surface area (Å²) in [5.74, 6) is -1.29. The summed E-state index contributed by atoms with van der Waals surface area (Å²) in [6.45, 7) is 1.68. The van der Waals surface area contributed by atoms with E-state index < -0.39 is 11.9 Å². The van der Waals surface area contributed by atoms with Gasteiger partial charge in [-0.1, -0.05) is 30.3 Å². The third kappa shape index (κ3) is 2.79. The summed E-state index contributed by atoms with van der Waals surface area (Å²) < 4.78 is 0. The zero-order valence-electron chi connectivity index (χ0n) is 10.5. The molecule has 1 aliphatic rings. The van der Waals surface area contributed by atoms with E-state index in [1.165, 1.54) is 0 Å². The van der Waals surface area contributed by atoms with Crippen molar-refractivity contribution in [3.63, 3.8) is 0 Å². The number of benzene rings is 1. The lowest BCUT2D eigenvalue weighted by atomic mass is 9.91. The Morgan fingerprint density at radius 1 is 1.33 bits per heavy atom. The number of aliphatic hydroxyl groups excluding tert-OH is 1. The fourth-order valence-electron chi connectivity index (χ4n) is 2.27. The molecule has 2 N–H and O–H groups in total. The van der Waals surface area contributed by atoms with E-state index in [1.807, 2.05) is 30.3 Å². The van der Waals surface area contributed by atoms with E-state index in [9.17, 15) is 9.90 Å². The monoisotopic (exact) mass is 246 g/mol. The minimum absolute atomic E-state index is 0.341. The fourth-order valence-corrected chi connectivity index (χ4v) is 2.27. The molecule has 0 heterocycles. The van der Waals surface area contributed by atoms with Crippen molar-refractivity contribution in [1.29, 1.82) is 0 Å². The number of rotatable bonds is 3. The van der Waals surface area contributed by atoms with Crippen LogP contribution in [0.2, 0.25) is 0 Å². The number of hydrogen-bond donors (Lipinski definition) is 2. The van der Waals surface area contributed by atoms with Gasteiger partial charge in [-0.3, -0.25) is 4.79 Å². The Morgan fingerprint density at radius 3 is 2.56 bits per heavy atom. The van der Waals surface area contributed by atoms with Crippen LogP contribution < -0.4 is 0 Å². The molecule has 0 saturated carbocycles. The largest absolute Gasteiger partial charge is 0.481 e. The highest BCUT2D eigenvalue weighted by Gasteiger charge is 2.15. The van der Waals surface area contributed by atoms with Crippen LogP contribution in [0.4, 0.5) is 0 Å². The Hall–Kier alpha value is -1.61. The first-order chi connectivity index (χ1) is 8.58. The molecule has 1 aliphatic carbocycles. The molecule has 0 saturated heterocycles. The molecule has 0 amide bonds. The van der Waals surface area contributed by atoms with Crippen molar-refractivity contribution in [1.82, 2.24) is 0 Å². The lowest BCUT2D eigenvalue weighted by molar-refractivity contribution is -0.138. The van der Waals surface area contributed by atoms with Crippen LogP contribution in [-0.4, -0.2) is 22.3 Å². The van der Waals surface area contributed by atoms with Gasteiger partial charge in [0.2, 0.25) is 0 Å². The first kappa shape index (κ1) is 12.8. The number of carboxylic acid groups (broad SMARTS) is 1. The minimum Gasteiger partial charge on any atom is -0.481 e. The summed E-state index contributed by atoms with van der Waals surface area (Å²) in [6.07, 6.45) is 4.37. The van der Waals surface area contributed by atoms with Gasteiger partial charge in [-0.25, -0.2) is 0 Å². The summed E-state index contributed by atoms with van der Waals surface area (Å²) in [6, 6.07) is 7.60. The van der Waals surface area contributed by atoms with Gasteiger partial charge in [0.15, 0.2) is 0 Å². The zero-order chi connectivity index (χ0) is 13.1. The molecule has 0 radical (unpaired) electrons. The van der Waals surface area contributed by atoms with Crippen LogP contribution in [0.3, 0.4) is 0 Å². The second kappa shape index (κ2) is 5.36. The molecule has 0 spiro atoms. The number of carboxylic acids is 1. The van der Waals surface area contributed by atoms with Crippen LogP contribution in [0.25, 0.3) is 5.57 Å². The van der Waals surface area contributed by atoms with Gasteiger partial charge in [0, 0.05) is 0 Å². The lowest BCUT2D eigenvalue weighted by Crippen LogP contribution is -2.09. The van der Waals surface area contributed by atoms with E-state index in [2.05, 4.69) is 0 Å². The van der Waals surface area contributed by atoms with E-state index in [0.717, 1.165) is 36.0 Å². The van der Waals surface area contributed by atoms with Crippen LogP contribution in [0, 0.1) is 0 Å². The highest BCUT2D eigenvalue weighted by Crippen LogP contribution is 2.28. The summed E-state index contributed by atoms with van der Waals surface area (Å²) >= 11 is 0. The second-order valence-electron chi connectivity index (χ2n) is 4.83. The molecule has 3 nitrogen and oxygen atoms in total. The maximum absolute atomic E-state index is 10.9. The average Bonchev–Trinajstić information content (AvgIpc) is 2.38. The standard InChI is InChI=1S/C15H18O3/c1-10(15(17)18)11-5-7-12(8-6-11)13-3-2-4-14(16)9-13/h5-10,14,16H,2-4H2,1H3,(H,17,18). The van der Waals surface area contributed by atoms with Crippen molar-refractivity contribution in [2.45, 2.75) is 38.2 Å². The molecule has 1 aromatic carbocycles. The quantitative estimate of drug-likeness (QED) is 0.862. The third-order valence-electron chi connectivity index (χ3n) is 3.49. The normalized spacial score (nSPS) is 21.2.